The summed E-state index contributed by atoms with van der Waals surface area (Å²) >= 11 is 0. The number of rotatable bonds is 9. The first kappa shape index (κ1) is 25.1. The van der Waals surface area contributed by atoms with Gasteiger partial charge in [-0.2, -0.15) is 0 Å². The molecule has 0 aliphatic heterocycles. The Balaban J connectivity index is 1.74. The first-order valence-electron chi connectivity index (χ1n) is 11.9. The first-order valence-corrected chi connectivity index (χ1v) is 11.9. The van der Waals surface area contributed by atoms with Gasteiger partial charge in [0, 0.05) is 12.1 Å². The SMILES string of the molecule is CCC(C)(C)NC(=O)C(c1ccc(C)o1)N(Cc1ccc(F)cc1)C(=O)Cn1nnc2ccccc21. The summed E-state index contributed by atoms with van der Waals surface area (Å²) in [5, 5.41) is 11.3. The van der Waals surface area contributed by atoms with Crippen LogP contribution in [-0.4, -0.2) is 37.2 Å². The van der Waals surface area contributed by atoms with Gasteiger partial charge in [0.15, 0.2) is 6.04 Å². The Hall–Kier alpha value is -4.01. The second kappa shape index (κ2) is 10.3. The number of hydrogen-bond acceptors (Lipinski definition) is 5. The van der Waals surface area contributed by atoms with Crippen LogP contribution in [0, 0.1) is 12.7 Å². The average Bonchev–Trinajstić information content (AvgIpc) is 3.46. The zero-order valence-electron chi connectivity index (χ0n) is 20.9. The Morgan fingerprint density at radius 1 is 1.11 bits per heavy atom. The number of fused-ring (bicyclic) bond motifs is 1. The molecule has 1 unspecified atom stereocenters. The number of halogens is 1. The standard InChI is InChI=1S/C27H30FN5O3/c1-5-27(3,4)29-26(35)25(23-15-10-18(2)36-23)32(16-19-11-13-20(28)14-12-19)24(34)17-33-22-9-7-6-8-21(22)30-31-33/h6-15,25H,5,16-17H2,1-4H3,(H,29,35). The fraction of sp³-hybridized carbons (Fsp3) is 0.333. The molecule has 0 aliphatic carbocycles. The Labute approximate surface area is 209 Å². The van der Waals surface area contributed by atoms with Crippen molar-refractivity contribution in [3.63, 3.8) is 0 Å². The summed E-state index contributed by atoms with van der Waals surface area (Å²) in [6.07, 6.45) is 0.694. The number of aromatic nitrogens is 3. The minimum atomic E-state index is -1.04. The second-order valence-electron chi connectivity index (χ2n) is 9.46. The summed E-state index contributed by atoms with van der Waals surface area (Å²) in [4.78, 5) is 28.9. The van der Waals surface area contributed by atoms with E-state index >= 15 is 0 Å². The highest BCUT2D eigenvalue weighted by Crippen LogP contribution is 2.27. The van der Waals surface area contributed by atoms with Gasteiger partial charge in [-0.25, -0.2) is 9.07 Å². The molecular formula is C27H30FN5O3. The molecule has 2 amide bonds. The topological polar surface area (TPSA) is 93.3 Å². The van der Waals surface area contributed by atoms with Gasteiger partial charge in [-0.05, 0) is 69.2 Å². The number of nitrogens with one attached hydrogen (secondary N) is 1. The first-order chi connectivity index (χ1) is 17.2. The number of benzene rings is 2. The van der Waals surface area contributed by atoms with Crippen molar-refractivity contribution in [2.75, 3.05) is 0 Å². The van der Waals surface area contributed by atoms with E-state index in [0.29, 0.717) is 34.5 Å². The fourth-order valence-electron chi connectivity index (χ4n) is 3.88. The summed E-state index contributed by atoms with van der Waals surface area (Å²) in [7, 11) is 0. The third kappa shape index (κ3) is 5.62. The number of para-hydroxylation sites is 1. The maximum Gasteiger partial charge on any atom is 0.251 e. The van der Waals surface area contributed by atoms with Gasteiger partial charge < -0.3 is 14.6 Å². The number of carbonyl (C=O) groups is 2. The number of hydrogen-bond donors (Lipinski definition) is 1. The smallest absolute Gasteiger partial charge is 0.251 e. The van der Waals surface area contributed by atoms with Crippen LogP contribution >= 0.6 is 0 Å². The molecule has 1 N–H and O–H groups in total. The van der Waals surface area contributed by atoms with Crippen molar-refractivity contribution >= 4 is 22.8 Å². The molecule has 0 aliphatic rings. The third-order valence-electron chi connectivity index (χ3n) is 6.23. The molecule has 36 heavy (non-hydrogen) atoms. The molecular weight excluding hydrogens is 461 g/mol. The molecule has 8 nitrogen and oxygen atoms in total. The summed E-state index contributed by atoms with van der Waals surface area (Å²) in [5.41, 5.74) is 1.54. The van der Waals surface area contributed by atoms with Crippen LogP contribution < -0.4 is 5.32 Å². The van der Waals surface area contributed by atoms with Gasteiger partial charge >= 0.3 is 0 Å². The van der Waals surface area contributed by atoms with Crippen LogP contribution in [0.25, 0.3) is 11.0 Å². The Kier molecular flexibility index (Phi) is 7.19. The van der Waals surface area contributed by atoms with Crippen LogP contribution in [0.3, 0.4) is 0 Å². The lowest BCUT2D eigenvalue weighted by molar-refractivity contribution is -0.143. The van der Waals surface area contributed by atoms with Crippen LogP contribution in [0.15, 0.2) is 65.1 Å². The molecule has 0 spiro atoms. The molecule has 1 atom stereocenters. The van der Waals surface area contributed by atoms with E-state index in [1.807, 2.05) is 45.0 Å². The molecule has 2 aromatic carbocycles. The van der Waals surface area contributed by atoms with E-state index in [-0.39, 0.29) is 30.7 Å². The molecule has 0 fully saturated rings. The normalized spacial score (nSPS) is 12.5. The van der Waals surface area contributed by atoms with E-state index in [0.717, 1.165) is 0 Å². The number of furan rings is 1. The number of aryl methyl sites for hydroxylation is 1. The van der Waals surface area contributed by atoms with Gasteiger partial charge in [-0.15, -0.1) is 5.10 Å². The molecule has 0 bridgehead atoms. The summed E-state index contributed by atoms with van der Waals surface area (Å²) in [5.74, 6) is -0.148. The van der Waals surface area contributed by atoms with Crippen molar-refractivity contribution in [3.8, 4) is 0 Å². The van der Waals surface area contributed by atoms with Gasteiger partial charge in [0.2, 0.25) is 5.91 Å². The highest BCUT2D eigenvalue weighted by Gasteiger charge is 2.36. The monoisotopic (exact) mass is 491 g/mol. The highest BCUT2D eigenvalue weighted by atomic mass is 19.1. The predicted octanol–water partition coefficient (Wildman–Crippen LogP) is 4.55. The molecule has 2 aromatic heterocycles. The predicted molar refractivity (Wildman–Crippen MR) is 133 cm³/mol. The van der Waals surface area contributed by atoms with Crippen molar-refractivity contribution in [2.24, 2.45) is 0 Å². The van der Waals surface area contributed by atoms with E-state index in [2.05, 4.69) is 15.6 Å². The largest absolute Gasteiger partial charge is 0.464 e. The van der Waals surface area contributed by atoms with E-state index in [9.17, 15) is 14.0 Å². The average molecular weight is 492 g/mol. The number of nitrogens with zero attached hydrogens (tertiary/aromatic N) is 4. The van der Waals surface area contributed by atoms with Crippen molar-refractivity contribution in [1.82, 2.24) is 25.2 Å². The van der Waals surface area contributed by atoms with Crippen molar-refractivity contribution in [3.05, 3.63) is 83.6 Å². The van der Waals surface area contributed by atoms with Crippen molar-refractivity contribution < 1.29 is 18.4 Å². The molecule has 4 rings (SSSR count). The lowest BCUT2D eigenvalue weighted by Crippen LogP contribution is -2.50. The van der Waals surface area contributed by atoms with Crippen LogP contribution in [0.2, 0.25) is 0 Å². The number of amides is 2. The van der Waals surface area contributed by atoms with Gasteiger partial charge in [-0.1, -0.05) is 36.4 Å². The Bertz CT molecular complexity index is 1360. The second-order valence-corrected chi connectivity index (χ2v) is 9.46. The maximum atomic E-state index is 13.8. The molecule has 2 heterocycles. The van der Waals surface area contributed by atoms with Gasteiger partial charge in [0.05, 0.1) is 5.52 Å². The Morgan fingerprint density at radius 2 is 1.83 bits per heavy atom. The van der Waals surface area contributed by atoms with E-state index in [1.54, 1.807) is 31.2 Å². The molecule has 0 saturated heterocycles. The molecule has 0 radical (unpaired) electrons. The minimum Gasteiger partial charge on any atom is -0.464 e. The zero-order chi connectivity index (χ0) is 25.9. The Morgan fingerprint density at radius 3 is 2.50 bits per heavy atom. The summed E-state index contributed by atoms with van der Waals surface area (Å²) < 4.78 is 21.0. The van der Waals surface area contributed by atoms with E-state index in [1.165, 1.54) is 21.7 Å². The fourth-order valence-corrected chi connectivity index (χ4v) is 3.88. The minimum absolute atomic E-state index is 0.0656. The van der Waals surface area contributed by atoms with Gasteiger partial charge in [-0.3, -0.25) is 9.59 Å². The van der Waals surface area contributed by atoms with E-state index in [4.69, 9.17) is 4.42 Å². The third-order valence-corrected chi connectivity index (χ3v) is 6.23. The quantitative estimate of drug-likeness (QED) is 0.371. The van der Waals surface area contributed by atoms with Crippen LogP contribution in [0.1, 0.15) is 50.3 Å². The molecule has 9 heteroatoms. The van der Waals surface area contributed by atoms with Crippen LogP contribution in [-0.2, 0) is 22.7 Å². The lowest BCUT2D eigenvalue weighted by Gasteiger charge is -2.33. The lowest BCUT2D eigenvalue weighted by atomic mass is 10.0. The van der Waals surface area contributed by atoms with Crippen LogP contribution in [0.4, 0.5) is 4.39 Å². The zero-order valence-corrected chi connectivity index (χ0v) is 20.9. The molecule has 0 saturated carbocycles. The van der Waals surface area contributed by atoms with Crippen molar-refractivity contribution in [2.45, 2.75) is 58.8 Å². The van der Waals surface area contributed by atoms with E-state index < -0.39 is 11.6 Å². The highest BCUT2D eigenvalue weighted by molar-refractivity contribution is 5.89. The van der Waals surface area contributed by atoms with Crippen LogP contribution in [0.5, 0.6) is 0 Å². The van der Waals surface area contributed by atoms with Crippen molar-refractivity contribution in [1.29, 1.82) is 0 Å². The molecule has 4 aromatic rings. The van der Waals surface area contributed by atoms with Gasteiger partial charge in [0.1, 0.15) is 29.4 Å². The number of carbonyl (C=O) groups excluding carboxylic acids is 2. The maximum absolute atomic E-state index is 13.8. The molecule has 188 valence electrons. The summed E-state index contributed by atoms with van der Waals surface area (Å²) in [6.45, 7) is 7.52. The van der Waals surface area contributed by atoms with Gasteiger partial charge in [0.25, 0.3) is 5.91 Å². The summed E-state index contributed by atoms with van der Waals surface area (Å²) in [6, 6.07) is 15.6.